The monoisotopic (exact) mass is 477 g/mol. The van der Waals surface area contributed by atoms with Crippen molar-refractivity contribution >= 4 is 44.4 Å². The fourth-order valence-corrected chi connectivity index (χ4v) is 5.48. The van der Waals surface area contributed by atoms with Gasteiger partial charge in [-0.2, -0.15) is 0 Å². The van der Waals surface area contributed by atoms with Crippen molar-refractivity contribution in [2.75, 3.05) is 50.0 Å². The van der Waals surface area contributed by atoms with Crippen LogP contribution in [0.3, 0.4) is 0 Å². The lowest BCUT2D eigenvalue weighted by Gasteiger charge is -2.27. The van der Waals surface area contributed by atoms with Crippen molar-refractivity contribution in [3.8, 4) is 0 Å². The first-order valence-corrected chi connectivity index (χ1v) is 12.4. The number of amides is 1. The van der Waals surface area contributed by atoms with Crippen LogP contribution in [-0.2, 0) is 9.53 Å². The van der Waals surface area contributed by atoms with E-state index in [1.165, 1.54) is 6.07 Å². The van der Waals surface area contributed by atoms with Crippen LogP contribution in [-0.4, -0.2) is 60.9 Å². The third-order valence-electron chi connectivity index (χ3n) is 5.22. The van der Waals surface area contributed by atoms with Gasteiger partial charge in [0.25, 0.3) is 0 Å². The smallest absolute Gasteiger partial charge is 0.229 e. The molecule has 4 rings (SSSR count). The van der Waals surface area contributed by atoms with E-state index in [1.807, 2.05) is 30.3 Å². The molecule has 1 saturated heterocycles. The highest BCUT2D eigenvalue weighted by molar-refractivity contribution is 7.99. The number of hydrogen-bond acceptors (Lipinski definition) is 6. The van der Waals surface area contributed by atoms with E-state index in [-0.39, 0.29) is 11.4 Å². The molecule has 0 aliphatic carbocycles. The van der Waals surface area contributed by atoms with Crippen LogP contribution < -0.4 is 4.90 Å². The van der Waals surface area contributed by atoms with Gasteiger partial charge in [0.2, 0.25) is 5.91 Å². The van der Waals surface area contributed by atoms with Gasteiger partial charge >= 0.3 is 0 Å². The molecule has 0 saturated carbocycles. The Morgan fingerprint density at radius 3 is 2.75 bits per heavy atom. The minimum atomic E-state index is -0.706. The Labute approximate surface area is 194 Å². The lowest BCUT2D eigenvalue weighted by molar-refractivity contribution is -0.118. The Bertz CT molecular complexity index is 1040. The molecule has 9 heteroatoms. The number of thioether (sulfide) groups is 1. The number of carbonyl (C=O) groups is 1. The number of rotatable bonds is 9. The maximum Gasteiger partial charge on any atom is 0.229 e. The van der Waals surface area contributed by atoms with Crippen molar-refractivity contribution in [3.05, 3.63) is 54.1 Å². The van der Waals surface area contributed by atoms with Crippen LogP contribution in [0.4, 0.5) is 13.9 Å². The first-order valence-electron chi connectivity index (χ1n) is 10.6. The van der Waals surface area contributed by atoms with E-state index in [0.717, 1.165) is 61.6 Å². The quantitative estimate of drug-likeness (QED) is 0.414. The molecular formula is C23H25F2N3O2S2. The molecule has 1 aliphatic rings. The van der Waals surface area contributed by atoms with Crippen LogP contribution in [0.15, 0.2) is 47.4 Å². The number of carbonyl (C=O) groups excluding carboxylic acids is 1. The van der Waals surface area contributed by atoms with Gasteiger partial charge in [-0.1, -0.05) is 29.5 Å². The minimum absolute atomic E-state index is 0.0599. The molecule has 1 amide bonds. The number of benzene rings is 2. The lowest BCUT2D eigenvalue weighted by atomic mass is 10.3. The number of hydrogen-bond donors (Lipinski definition) is 0. The molecule has 1 aromatic heterocycles. The van der Waals surface area contributed by atoms with E-state index in [2.05, 4.69) is 9.88 Å². The Balaban J connectivity index is 1.45. The summed E-state index contributed by atoms with van der Waals surface area (Å²) in [5, 5.41) is 0.418. The molecule has 1 aliphatic heterocycles. The van der Waals surface area contributed by atoms with Gasteiger partial charge in [0.15, 0.2) is 10.9 Å². The van der Waals surface area contributed by atoms with Gasteiger partial charge < -0.3 is 4.74 Å². The van der Waals surface area contributed by atoms with Crippen LogP contribution >= 0.6 is 23.1 Å². The Morgan fingerprint density at radius 1 is 1.19 bits per heavy atom. The van der Waals surface area contributed by atoms with Gasteiger partial charge in [-0.05, 0) is 24.6 Å². The van der Waals surface area contributed by atoms with Crippen molar-refractivity contribution < 1.29 is 18.3 Å². The highest BCUT2D eigenvalue weighted by Gasteiger charge is 2.21. The third-order valence-corrected chi connectivity index (χ3v) is 7.26. The van der Waals surface area contributed by atoms with Crippen LogP contribution in [0.25, 0.3) is 10.2 Å². The van der Waals surface area contributed by atoms with Crippen LogP contribution in [0, 0.1) is 11.6 Å². The summed E-state index contributed by atoms with van der Waals surface area (Å²) in [5.74, 6) is -0.774. The highest BCUT2D eigenvalue weighted by Crippen LogP contribution is 2.32. The number of thiazole rings is 1. The fourth-order valence-electron chi connectivity index (χ4n) is 3.57. The van der Waals surface area contributed by atoms with Gasteiger partial charge in [-0.25, -0.2) is 13.8 Å². The SMILES string of the molecule is O=C(CCSc1ccccc1)N(CCCN1CCOCC1)c1nc2c(F)cc(F)cc2s1. The Hall–Kier alpha value is -2.07. The Kier molecular flexibility index (Phi) is 8.07. The number of morpholine rings is 1. The summed E-state index contributed by atoms with van der Waals surface area (Å²) >= 11 is 2.77. The van der Waals surface area contributed by atoms with Gasteiger partial charge in [0.1, 0.15) is 11.3 Å². The zero-order chi connectivity index (χ0) is 22.3. The molecule has 2 aromatic carbocycles. The highest BCUT2D eigenvalue weighted by atomic mass is 32.2. The number of fused-ring (bicyclic) bond motifs is 1. The maximum absolute atomic E-state index is 14.2. The first-order chi connectivity index (χ1) is 15.6. The molecule has 1 fully saturated rings. The molecule has 5 nitrogen and oxygen atoms in total. The summed E-state index contributed by atoms with van der Waals surface area (Å²) in [6.45, 7) is 4.54. The predicted octanol–water partition coefficient (Wildman–Crippen LogP) is 4.81. The molecule has 0 N–H and O–H groups in total. The topological polar surface area (TPSA) is 45.7 Å². The second kappa shape index (κ2) is 11.2. The summed E-state index contributed by atoms with van der Waals surface area (Å²) in [4.78, 5) is 22.5. The molecule has 170 valence electrons. The predicted molar refractivity (Wildman–Crippen MR) is 126 cm³/mol. The van der Waals surface area contributed by atoms with Gasteiger partial charge in [-0.15, -0.1) is 11.8 Å². The largest absolute Gasteiger partial charge is 0.379 e. The molecule has 2 heterocycles. The summed E-state index contributed by atoms with van der Waals surface area (Å²) < 4.78 is 33.6. The van der Waals surface area contributed by atoms with Crippen molar-refractivity contribution in [2.45, 2.75) is 17.7 Å². The number of nitrogens with zero attached hydrogens (tertiary/aromatic N) is 3. The average molecular weight is 478 g/mol. The molecule has 0 radical (unpaired) electrons. The first kappa shape index (κ1) is 23.1. The Morgan fingerprint density at radius 2 is 1.97 bits per heavy atom. The zero-order valence-corrected chi connectivity index (χ0v) is 19.3. The van der Waals surface area contributed by atoms with Crippen molar-refractivity contribution in [2.24, 2.45) is 0 Å². The van der Waals surface area contributed by atoms with Crippen molar-refractivity contribution in [1.82, 2.24) is 9.88 Å². The maximum atomic E-state index is 14.2. The van der Waals surface area contributed by atoms with E-state index in [1.54, 1.807) is 16.7 Å². The number of ether oxygens (including phenoxy) is 1. The van der Waals surface area contributed by atoms with E-state index >= 15 is 0 Å². The van der Waals surface area contributed by atoms with Crippen molar-refractivity contribution in [3.63, 3.8) is 0 Å². The number of anilines is 1. The molecule has 0 bridgehead atoms. The second-order valence-corrected chi connectivity index (χ2v) is 9.67. The molecule has 0 unspecified atom stereocenters. The van der Waals surface area contributed by atoms with Crippen LogP contribution in [0.1, 0.15) is 12.8 Å². The van der Waals surface area contributed by atoms with E-state index in [4.69, 9.17) is 4.74 Å². The lowest BCUT2D eigenvalue weighted by Crippen LogP contribution is -2.39. The molecule has 32 heavy (non-hydrogen) atoms. The third kappa shape index (κ3) is 6.04. The summed E-state index contributed by atoms with van der Waals surface area (Å²) in [7, 11) is 0. The van der Waals surface area contributed by atoms with Crippen LogP contribution in [0.2, 0.25) is 0 Å². The average Bonchev–Trinajstić information content (AvgIpc) is 3.22. The number of aromatic nitrogens is 1. The summed E-state index contributed by atoms with van der Waals surface area (Å²) in [6.07, 6.45) is 1.11. The number of halogens is 2. The molecule has 3 aromatic rings. The molecular weight excluding hydrogens is 452 g/mol. The normalized spacial score (nSPS) is 14.7. The molecule has 0 atom stereocenters. The van der Waals surface area contributed by atoms with Gasteiger partial charge in [-0.3, -0.25) is 14.6 Å². The fraction of sp³-hybridized carbons (Fsp3) is 0.391. The van der Waals surface area contributed by atoms with Gasteiger partial charge in [0, 0.05) is 49.3 Å². The minimum Gasteiger partial charge on any atom is -0.379 e. The van der Waals surface area contributed by atoms with E-state index in [9.17, 15) is 13.6 Å². The zero-order valence-electron chi connectivity index (χ0n) is 17.6. The van der Waals surface area contributed by atoms with Gasteiger partial charge in [0.05, 0.1) is 17.9 Å². The summed E-state index contributed by atoms with van der Waals surface area (Å²) in [5.41, 5.74) is 0.107. The van der Waals surface area contributed by atoms with E-state index in [0.29, 0.717) is 28.5 Å². The van der Waals surface area contributed by atoms with Crippen LogP contribution in [0.5, 0.6) is 0 Å². The van der Waals surface area contributed by atoms with E-state index < -0.39 is 11.6 Å². The standard InChI is InChI=1S/C23H25F2N3O2S2/c24-17-15-19(25)22-20(16-17)32-23(26-22)28(9-4-8-27-10-12-30-13-11-27)21(29)7-14-31-18-5-2-1-3-6-18/h1-3,5-6,15-16H,4,7-14H2. The summed E-state index contributed by atoms with van der Waals surface area (Å²) in [6, 6.07) is 12.0. The molecule has 0 spiro atoms. The van der Waals surface area contributed by atoms with Crippen molar-refractivity contribution in [1.29, 1.82) is 0 Å². The second-order valence-electron chi connectivity index (χ2n) is 7.50.